The highest BCUT2D eigenvalue weighted by molar-refractivity contribution is 7.92. The topological polar surface area (TPSA) is 86.8 Å². The lowest BCUT2D eigenvalue weighted by molar-refractivity contribution is -0.139. The van der Waals surface area contributed by atoms with Gasteiger partial charge in [-0.1, -0.05) is 71.8 Å². The second kappa shape index (κ2) is 12.3. The number of hydrogen-bond donors (Lipinski definition) is 1. The molecule has 196 valence electrons. The molecular formula is C28H32ClN3O4S. The number of amides is 2. The van der Waals surface area contributed by atoms with E-state index in [1.807, 2.05) is 45.0 Å². The van der Waals surface area contributed by atoms with Gasteiger partial charge in [0.25, 0.3) is 10.0 Å². The van der Waals surface area contributed by atoms with Crippen LogP contribution in [0.25, 0.3) is 0 Å². The standard InChI is InChI=1S/C28H32ClN3O4S/c1-20(2)30-28(34)22(4)31(18-23-12-10-11-21(3)17-23)27(33)19-32(26-16-9-8-15-25(26)29)37(35,36)24-13-6-5-7-14-24/h5-17,20,22H,18-19H2,1-4H3,(H,30,34)/t22-/m1/s1. The van der Waals surface area contributed by atoms with E-state index in [-0.39, 0.29) is 34.1 Å². The van der Waals surface area contributed by atoms with Crippen molar-refractivity contribution in [3.63, 3.8) is 0 Å². The van der Waals surface area contributed by atoms with E-state index >= 15 is 0 Å². The maximum Gasteiger partial charge on any atom is 0.264 e. The molecule has 3 aromatic carbocycles. The molecule has 37 heavy (non-hydrogen) atoms. The van der Waals surface area contributed by atoms with Crippen molar-refractivity contribution in [2.75, 3.05) is 10.8 Å². The maximum atomic E-state index is 13.8. The summed E-state index contributed by atoms with van der Waals surface area (Å²) in [6.45, 7) is 6.85. The summed E-state index contributed by atoms with van der Waals surface area (Å²) in [5.74, 6) is -0.862. The minimum atomic E-state index is -4.15. The Bertz CT molecular complexity index is 1350. The Balaban J connectivity index is 2.03. The number of nitrogens with one attached hydrogen (secondary N) is 1. The van der Waals surface area contributed by atoms with Gasteiger partial charge < -0.3 is 10.2 Å². The molecule has 0 radical (unpaired) electrons. The quantitative estimate of drug-likeness (QED) is 0.400. The number of hydrogen-bond acceptors (Lipinski definition) is 4. The Kier molecular flexibility index (Phi) is 9.34. The first-order valence-electron chi connectivity index (χ1n) is 12.0. The molecule has 0 spiro atoms. The molecule has 0 unspecified atom stereocenters. The summed E-state index contributed by atoms with van der Waals surface area (Å²) in [5.41, 5.74) is 2.01. The minimum Gasteiger partial charge on any atom is -0.352 e. The van der Waals surface area contributed by atoms with Gasteiger partial charge in [0.15, 0.2) is 0 Å². The molecule has 0 fully saturated rings. The SMILES string of the molecule is Cc1cccc(CN(C(=O)CN(c2ccccc2Cl)S(=O)(=O)c2ccccc2)[C@H](C)C(=O)NC(C)C)c1. The van der Waals surface area contributed by atoms with Crippen LogP contribution >= 0.6 is 11.6 Å². The van der Waals surface area contributed by atoms with Crippen molar-refractivity contribution in [1.29, 1.82) is 0 Å². The molecule has 3 rings (SSSR count). The van der Waals surface area contributed by atoms with Gasteiger partial charge in [0.05, 0.1) is 15.6 Å². The Labute approximate surface area is 224 Å². The average molecular weight is 542 g/mol. The van der Waals surface area contributed by atoms with Gasteiger partial charge in [-0.15, -0.1) is 0 Å². The van der Waals surface area contributed by atoms with E-state index in [4.69, 9.17) is 11.6 Å². The van der Waals surface area contributed by atoms with Gasteiger partial charge in [-0.3, -0.25) is 13.9 Å². The minimum absolute atomic E-state index is 0.0264. The molecule has 0 aliphatic rings. The van der Waals surface area contributed by atoms with Crippen molar-refractivity contribution in [1.82, 2.24) is 10.2 Å². The lowest BCUT2D eigenvalue weighted by atomic mass is 10.1. The number of benzene rings is 3. The fraction of sp³-hybridized carbons (Fsp3) is 0.286. The van der Waals surface area contributed by atoms with Crippen molar-refractivity contribution >= 4 is 39.1 Å². The molecule has 0 aliphatic heterocycles. The Morgan fingerprint density at radius 2 is 1.57 bits per heavy atom. The number of para-hydroxylation sites is 1. The van der Waals surface area contributed by atoms with Crippen LogP contribution in [-0.2, 0) is 26.2 Å². The van der Waals surface area contributed by atoms with Crippen molar-refractivity contribution in [2.24, 2.45) is 0 Å². The summed E-state index contributed by atoms with van der Waals surface area (Å²) in [7, 11) is -4.15. The number of carbonyl (C=O) groups is 2. The van der Waals surface area contributed by atoms with Gasteiger partial charge in [-0.2, -0.15) is 0 Å². The zero-order chi connectivity index (χ0) is 27.2. The molecule has 0 saturated carbocycles. The van der Waals surface area contributed by atoms with E-state index < -0.39 is 28.5 Å². The van der Waals surface area contributed by atoms with Gasteiger partial charge in [-0.25, -0.2) is 8.42 Å². The summed E-state index contributed by atoms with van der Waals surface area (Å²) in [5, 5.41) is 3.03. The number of carbonyl (C=O) groups excluding carboxylic acids is 2. The molecule has 0 aliphatic carbocycles. The molecule has 0 saturated heterocycles. The van der Waals surface area contributed by atoms with E-state index in [1.165, 1.54) is 17.0 Å². The molecule has 7 nitrogen and oxygen atoms in total. The second-order valence-electron chi connectivity index (χ2n) is 9.13. The molecule has 0 bridgehead atoms. The predicted octanol–water partition coefficient (Wildman–Crippen LogP) is 4.79. The van der Waals surface area contributed by atoms with Crippen LogP contribution in [0, 0.1) is 6.92 Å². The lowest BCUT2D eigenvalue weighted by Gasteiger charge is -2.32. The zero-order valence-electron chi connectivity index (χ0n) is 21.4. The highest BCUT2D eigenvalue weighted by atomic mass is 35.5. The number of halogens is 1. The first-order valence-corrected chi connectivity index (χ1v) is 13.8. The largest absolute Gasteiger partial charge is 0.352 e. The predicted molar refractivity (Wildman–Crippen MR) is 147 cm³/mol. The van der Waals surface area contributed by atoms with E-state index in [0.717, 1.165) is 15.4 Å². The lowest BCUT2D eigenvalue weighted by Crippen LogP contribution is -2.52. The van der Waals surface area contributed by atoms with Crippen LogP contribution in [0.15, 0.2) is 83.8 Å². The maximum absolute atomic E-state index is 13.8. The van der Waals surface area contributed by atoms with Crippen LogP contribution in [0.5, 0.6) is 0 Å². The van der Waals surface area contributed by atoms with E-state index in [2.05, 4.69) is 5.32 Å². The number of rotatable bonds is 10. The van der Waals surface area contributed by atoms with Crippen molar-refractivity contribution in [2.45, 2.75) is 51.2 Å². The normalized spacial score (nSPS) is 12.2. The van der Waals surface area contributed by atoms with Gasteiger partial charge in [0.2, 0.25) is 11.8 Å². The summed E-state index contributed by atoms with van der Waals surface area (Å²) in [4.78, 5) is 28.2. The number of aryl methyl sites for hydroxylation is 1. The van der Waals surface area contributed by atoms with Crippen LogP contribution in [0.1, 0.15) is 31.9 Å². The first kappa shape index (κ1) is 28.2. The highest BCUT2D eigenvalue weighted by Gasteiger charge is 2.33. The molecule has 0 aromatic heterocycles. The van der Waals surface area contributed by atoms with Gasteiger partial charge >= 0.3 is 0 Å². The van der Waals surface area contributed by atoms with Crippen LogP contribution in [0.4, 0.5) is 5.69 Å². The summed E-state index contributed by atoms with van der Waals surface area (Å²) in [6.07, 6.45) is 0. The molecule has 3 aromatic rings. The van der Waals surface area contributed by atoms with Crippen LogP contribution in [0.2, 0.25) is 5.02 Å². The Hall–Kier alpha value is -3.36. The van der Waals surface area contributed by atoms with Crippen LogP contribution < -0.4 is 9.62 Å². The molecule has 9 heteroatoms. The third kappa shape index (κ3) is 7.11. The second-order valence-corrected chi connectivity index (χ2v) is 11.4. The Morgan fingerprint density at radius 1 is 0.919 bits per heavy atom. The van der Waals surface area contributed by atoms with Crippen LogP contribution in [0.3, 0.4) is 0 Å². The van der Waals surface area contributed by atoms with E-state index in [9.17, 15) is 18.0 Å². The summed E-state index contributed by atoms with van der Waals surface area (Å²) >= 11 is 6.40. The molecule has 0 heterocycles. The molecular weight excluding hydrogens is 510 g/mol. The third-order valence-electron chi connectivity index (χ3n) is 5.76. The number of sulfonamides is 1. The summed E-state index contributed by atoms with van der Waals surface area (Å²) < 4.78 is 28.4. The molecule has 1 atom stereocenters. The van der Waals surface area contributed by atoms with Crippen molar-refractivity contribution in [3.8, 4) is 0 Å². The van der Waals surface area contributed by atoms with Crippen molar-refractivity contribution < 1.29 is 18.0 Å². The van der Waals surface area contributed by atoms with E-state index in [0.29, 0.717) is 0 Å². The number of anilines is 1. The molecule has 1 N–H and O–H groups in total. The van der Waals surface area contributed by atoms with Crippen molar-refractivity contribution in [3.05, 3.63) is 95.0 Å². The van der Waals surface area contributed by atoms with Crippen LogP contribution in [-0.4, -0.2) is 43.8 Å². The Morgan fingerprint density at radius 3 is 2.19 bits per heavy atom. The first-order chi connectivity index (χ1) is 17.5. The molecule has 2 amide bonds. The highest BCUT2D eigenvalue weighted by Crippen LogP contribution is 2.30. The van der Waals surface area contributed by atoms with Gasteiger partial charge in [0.1, 0.15) is 12.6 Å². The fourth-order valence-electron chi connectivity index (χ4n) is 3.88. The zero-order valence-corrected chi connectivity index (χ0v) is 23.0. The van der Waals surface area contributed by atoms with Gasteiger partial charge in [0, 0.05) is 12.6 Å². The van der Waals surface area contributed by atoms with E-state index in [1.54, 1.807) is 49.4 Å². The third-order valence-corrected chi connectivity index (χ3v) is 7.86. The smallest absolute Gasteiger partial charge is 0.264 e. The number of nitrogens with zero attached hydrogens (tertiary/aromatic N) is 2. The average Bonchev–Trinajstić information content (AvgIpc) is 2.86. The van der Waals surface area contributed by atoms with Gasteiger partial charge in [-0.05, 0) is 57.5 Å². The monoisotopic (exact) mass is 541 g/mol. The summed E-state index contributed by atoms with van der Waals surface area (Å²) in [6, 6.07) is 21.0. The fourth-order valence-corrected chi connectivity index (χ4v) is 5.62.